The molecule has 1 unspecified atom stereocenters. The van der Waals surface area contributed by atoms with Gasteiger partial charge >= 0.3 is 21.3 Å². The van der Waals surface area contributed by atoms with Crippen LogP contribution in [0.4, 0.5) is 8.78 Å². The summed E-state index contributed by atoms with van der Waals surface area (Å²) in [6, 6.07) is 0. The van der Waals surface area contributed by atoms with Crippen molar-refractivity contribution in [3.8, 4) is 0 Å². The molecule has 0 aromatic heterocycles. The molecular weight excluding hydrogens is 210 g/mol. The predicted molar refractivity (Wildman–Crippen MR) is 37.7 cm³/mol. The Morgan fingerprint density at radius 2 is 1.92 bits per heavy atom. The highest BCUT2D eigenvalue weighted by molar-refractivity contribution is 7.86. The number of carbonyl (C=O) groups is 1. The Balaban J connectivity index is 4.75. The Labute approximate surface area is 73.4 Å². The second-order valence-electron chi connectivity index (χ2n) is 2.29. The van der Waals surface area contributed by atoms with E-state index in [4.69, 9.17) is 4.55 Å². The van der Waals surface area contributed by atoms with Gasteiger partial charge in [-0.3, -0.25) is 9.35 Å². The standard InChI is InChI=1S/C5H8F2O5S/c1-3(12-4(2)8)5(6,7)13(9,10)11/h3H,1-2H3,(H,9,10,11). The smallest absolute Gasteiger partial charge is 0.405 e. The van der Waals surface area contributed by atoms with Gasteiger partial charge in [0.2, 0.25) is 0 Å². The SMILES string of the molecule is CC(=O)OC(C)C(F)(F)S(=O)(=O)O. The number of ether oxygens (including phenoxy) is 1. The van der Waals surface area contributed by atoms with E-state index in [0.717, 1.165) is 6.92 Å². The topological polar surface area (TPSA) is 80.7 Å². The van der Waals surface area contributed by atoms with Crippen molar-refractivity contribution in [1.29, 1.82) is 0 Å². The molecule has 0 heterocycles. The molecule has 0 bridgehead atoms. The zero-order valence-corrected chi connectivity index (χ0v) is 7.64. The van der Waals surface area contributed by atoms with Gasteiger partial charge in [0.25, 0.3) is 0 Å². The van der Waals surface area contributed by atoms with Crippen molar-refractivity contribution in [1.82, 2.24) is 0 Å². The summed E-state index contributed by atoms with van der Waals surface area (Å²) in [6.07, 6.45) is -2.22. The lowest BCUT2D eigenvalue weighted by molar-refractivity contribution is -0.156. The summed E-state index contributed by atoms with van der Waals surface area (Å²) >= 11 is 0. The minimum absolute atomic E-state index is 0.662. The molecule has 78 valence electrons. The number of halogens is 2. The first kappa shape index (κ1) is 12.2. The van der Waals surface area contributed by atoms with Crippen LogP contribution >= 0.6 is 0 Å². The number of hydrogen-bond acceptors (Lipinski definition) is 4. The Bertz CT molecular complexity index is 296. The number of hydrogen-bond donors (Lipinski definition) is 1. The van der Waals surface area contributed by atoms with Crippen molar-refractivity contribution in [2.24, 2.45) is 0 Å². The van der Waals surface area contributed by atoms with Crippen LogP contribution in [0.5, 0.6) is 0 Å². The summed E-state index contributed by atoms with van der Waals surface area (Å²) in [7, 11) is -5.56. The van der Waals surface area contributed by atoms with Gasteiger partial charge in [-0.15, -0.1) is 0 Å². The van der Waals surface area contributed by atoms with Gasteiger partial charge in [-0.25, -0.2) is 0 Å². The molecular formula is C5H8F2O5S. The lowest BCUT2D eigenvalue weighted by atomic mass is 10.4. The highest BCUT2D eigenvalue weighted by Crippen LogP contribution is 2.26. The summed E-state index contributed by atoms with van der Waals surface area (Å²) < 4.78 is 57.3. The number of alkyl halides is 2. The molecule has 0 aliphatic heterocycles. The third kappa shape index (κ3) is 2.88. The summed E-state index contributed by atoms with van der Waals surface area (Å²) in [6.45, 7) is 1.51. The van der Waals surface area contributed by atoms with E-state index in [-0.39, 0.29) is 0 Å². The van der Waals surface area contributed by atoms with E-state index in [9.17, 15) is 22.0 Å². The van der Waals surface area contributed by atoms with E-state index >= 15 is 0 Å². The van der Waals surface area contributed by atoms with Crippen LogP contribution in [0.25, 0.3) is 0 Å². The third-order valence-corrected chi connectivity index (χ3v) is 2.18. The minimum atomic E-state index is -5.56. The van der Waals surface area contributed by atoms with Crippen LogP contribution in [0.15, 0.2) is 0 Å². The maximum absolute atomic E-state index is 12.6. The molecule has 0 saturated carbocycles. The number of carbonyl (C=O) groups excluding carboxylic acids is 1. The van der Waals surface area contributed by atoms with Gasteiger partial charge in [0.05, 0.1) is 0 Å². The summed E-state index contributed by atoms with van der Waals surface area (Å²) in [5.41, 5.74) is 0. The van der Waals surface area contributed by atoms with Crippen LogP contribution in [0.3, 0.4) is 0 Å². The first-order valence-corrected chi connectivity index (χ1v) is 4.55. The highest BCUT2D eigenvalue weighted by atomic mass is 32.2. The van der Waals surface area contributed by atoms with Gasteiger partial charge in [0.15, 0.2) is 6.10 Å². The zero-order chi connectivity index (χ0) is 10.9. The fourth-order valence-corrected chi connectivity index (χ4v) is 0.995. The van der Waals surface area contributed by atoms with E-state index in [2.05, 4.69) is 4.74 Å². The van der Waals surface area contributed by atoms with Crippen molar-refractivity contribution in [2.75, 3.05) is 0 Å². The Hall–Kier alpha value is -0.760. The van der Waals surface area contributed by atoms with Crippen molar-refractivity contribution in [3.63, 3.8) is 0 Å². The fourth-order valence-electron chi connectivity index (χ4n) is 0.527. The monoisotopic (exact) mass is 218 g/mol. The van der Waals surface area contributed by atoms with E-state index in [1.165, 1.54) is 0 Å². The molecule has 13 heavy (non-hydrogen) atoms. The van der Waals surface area contributed by atoms with Gasteiger partial charge in [-0.2, -0.15) is 17.2 Å². The Morgan fingerprint density at radius 1 is 1.54 bits per heavy atom. The molecule has 0 aliphatic rings. The average molecular weight is 218 g/mol. The summed E-state index contributed by atoms with van der Waals surface area (Å²) in [5.74, 6) is -1.06. The molecule has 8 heteroatoms. The van der Waals surface area contributed by atoms with Gasteiger partial charge in [0.1, 0.15) is 0 Å². The molecule has 0 aliphatic carbocycles. The second kappa shape index (κ2) is 3.54. The van der Waals surface area contributed by atoms with E-state index in [0.29, 0.717) is 6.92 Å². The summed E-state index contributed by atoms with van der Waals surface area (Å²) in [4.78, 5) is 10.2. The largest absolute Gasteiger partial charge is 0.455 e. The third-order valence-electron chi connectivity index (χ3n) is 1.16. The second-order valence-corrected chi connectivity index (χ2v) is 3.78. The van der Waals surface area contributed by atoms with Gasteiger partial charge in [-0.1, -0.05) is 0 Å². The first-order chi connectivity index (χ1) is 5.59. The molecule has 0 rings (SSSR count). The molecule has 1 atom stereocenters. The molecule has 0 spiro atoms. The normalized spacial score (nSPS) is 15.2. The number of esters is 1. The summed E-state index contributed by atoms with van der Waals surface area (Å²) in [5, 5.41) is -4.49. The van der Waals surface area contributed by atoms with Crippen LogP contribution in [0.2, 0.25) is 0 Å². The van der Waals surface area contributed by atoms with E-state index in [1.807, 2.05) is 0 Å². The van der Waals surface area contributed by atoms with Crippen molar-refractivity contribution < 1.29 is 31.3 Å². The fraction of sp³-hybridized carbons (Fsp3) is 0.800. The lowest BCUT2D eigenvalue weighted by Crippen LogP contribution is -2.41. The highest BCUT2D eigenvalue weighted by Gasteiger charge is 2.51. The molecule has 5 nitrogen and oxygen atoms in total. The average Bonchev–Trinajstić information content (AvgIpc) is 1.82. The van der Waals surface area contributed by atoms with Gasteiger partial charge in [0, 0.05) is 6.92 Å². The predicted octanol–water partition coefficient (Wildman–Crippen LogP) is 0.419. The minimum Gasteiger partial charge on any atom is -0.455 e. The molecule has 0 aromatic carbocycles. The van der Waals surface area contributed by atoms with Crippen molar-refractivity contribution in [2.45, 2.75) is 25.2 Å². The molecule has 1 N–H and O–H groups in total. The van der Waals surface area contributed by atoms with Gasteiger partial charge in [-0.05, 0) is 6.92 Å². The Morgan fingerprint density at radius 3 is 2.15 bits per heavy atom. The number of rotatable bonds is 3. The molecule has 0 radical (unpaired) electrons. The van der Waals surface area contributed by atoms with Crippen LogP contribution in [-0.2, 0) is 19.6 Å². The Kier molecular flexibility index (Phi) is 3.34. The van der Waals surface area contributed by atoms with E-state index in [1.54, 1.807) is 0 Å². The molecule has 0 amide bonds. The van der Waals surface area contributed by atoms with Crippen LogP contribution < -0.4 is 0 Å². The van der Waals surface area contributed by atoms with Crippen molar-refractivity contribution in [3.05, 3.63) is 0 Å². The zero-order valence-electron chi connectivity index (χ0n) is 6.82. The molecule has 0 fully saturated rings. The maximum Gasteiger partial charge on any atom is 0.405 e. The van der Waals surface area contributed by atoms with Crippen molar-refractivity contribution >= 4 is 16.1 Å². The van der Waals surface area contributed by atoms with E-state index < -0.39 is 27.4 Å². The first-order valence-electron chi connectivity index (χ1n) is 3.11. The van der Waals surface area contributed by atoms with Crippen LogP contribution in [0.1, 0.15) is 13.8 Å². The van der Waals surface area contributed by atoms with Crippen LogP contribution in [0, 0.1) is 0 Å². The maximum atomic E-state index is 12.6. The molecule has 0 saturated heterocycles. The lowest BCUT2D eigenvalue weighted by Gasteiger charge is -2.19. The van der Waals surface area contributed by atoms with Gasteiger partial charge < -0.3 is 4.74 Å². The molecule has 0 aromatic rings. The van der Waals surface area contributed by atoms with Crippen LogP contribution in [-0.4, -0.2) is 30.3 Å². The quantitative estimate of drug-likeness (QED) is 0.548.